The molecule has 0 radical (unpaired) electrons. The van der Waals surface area contributed by atoms with E-state index >= 15 is 0 Å². The molecule has 0 saturated heterocycles. The summed E-state index contributed by atoms with van der Waals surface area (Å²) in [5.74, 6) is -0.0831. The van der Waals surface area contributed by atoms with E-state index < -0.39 is 12.1 Å². The number of hydrogen-bond acceptors (Lipinski definition) is 3. The number of carbonyl (C=O) groups is 1. The first-order valence-electron chi connectivity index (χ1n) is 18.2. The lowest BCUT2D eigenvalue weighted by molar-refractivity contribution is -0.123. The van der Waals surface area contributed by atoms with Gasteiger partial charge in [0.2, 0.25) is 5.91 Å². The molecule has 0 heterocycles. The third-order valence-electron chi connectivity index (χ3n) is 8.10. The summed E-state index contributed by atoms with van der Waals surface area (Å²) in [6, 6.07) is -0.639. The summed E-state index contributed by atoms with van der Waals surface area (Å²) in [6.45, 7) is 4.26. The van der Waals surface area contributed by atoms with Crippen molar-refractivity contribution in [2.45, 2.75) is 193 Å². The summed E-state index contributed by atoms with van der Waals surface area (Å²) in [6.07, 6.45) is 43.8. The average Bonchev–Trinajstić information content (AvgIpc) is 2.99. The van der Waals surface area contributed by atoms with Crippen LogP contribution in [0.25, 0.3) is 0 Å². The van der Waals surface area contributed by atoms with Gasteiger partial charge in [0.05, 0.1) is 18.8 Å². The molecule has 4 nitrogen and oxygen atoms in total. The molecular formula is C38H71NO3. The van der Waals surface area contributed by atoms with Crippen molar-refractivity contribution in [3.63, 3.8) is 0 Å². The second kappa shape index (κ2) is 34.1. The van der Waals surface area contributed by atoms with E-state index in [9.17, 15) is 15.0 Å². The maximum Gasteiger partial charge on any atom is 0.220 e. The van der Waals surface area contributed by atoms with Crippen LogP contribution in [0.2, 0.25) is 0 Å². The standard InChI is InChI=1S/C38H71NO3/c1-3-5-7-9-11-13-14-15-16-17-18-19-20-21-22-23-24-26-27-29-31-33-37(41)36(35-40)39-38(42)34-32-30-28-25-12-10-8-6-4-2/h20-21,24,26,31,33,36-37,40-41H,3-19,22-23,25,27-30,32,34-35H2,1-2H3,(H,39,42)/b21-20+,26-24+,33-31+. The Morgan fingerprint density at radius 3 is 1.38 bits per heavy atom. The Hall–Kier alpha value is -1.39. The van der Waals surface area contributed by atoms with E-state index in [1.54, 1.807) is 6.08 Å². The molecule has 0 rings (SSSR count). The Bertz CT molecular complexity index is 642. The summed E-state index contributed by atoms with van der Waals surface area (Å²) in [7, 11) is 0. The van der Waals surface area contributed by atoms with Crippen LogP contribution in [0, 0.1) is 0 Å². The minimum Gasteiger partial charge on any atom is -0.394 e. The molecule has 42 heavy (non-hydrogen) atoms. The van der Waals surface area contributed by atoms with Crippen molar-refractivity contribution in [1.82, 2.24) is 5.32 Å². The molecular weight excluding hydrogens is 518 g/mol. The number of carbonyl (C=O) groups excluding carboxylic acids is 1. The van der Waals surface area contributed by atoms with E-state index in [1.807, 2.05) is 6.08 Å². The largest absolute Gasteiger partial charge is 0.394 e. The van der Waals surface area contributed by atoms with E-state index in [-0.39, 0.29) is 12.5 Å². The molecule has 2 unspecified atom stereocenters. The minimum absolute atomic E-state index is 0.0831. The van der Waals surface area contributed by atoms with Crippen molar-refractivity contribution in [2.75, 3.05) is 6.61 Å². The number of unbranched alkanes of at least 4 members (excludes halogenated alkanes) is 21. The van der Waals surface area contributed by atoms with Gasteiger partial charge in [-0.15, -0.1) is 0 Å². The fourth-order valence-electron chi connectivity index (χ4n) is 5.27. The second-order valence-electron chi connectivity index (χ2n) is 12.3. The molecule has 0 aliphatic carbocycles. The van der Waals surface area contributed by atoms with Gasteiger partial charge in [0.25, 0.3) is 0 Å². The van der Waals surface area contributed by atoms with Gasteiger partial charge < -0.3 is 15.5 Å². The highest BCUT2D eigenvalue weighted by atomic mass is 16.3. The highest BCUT2D eigenvalue weighted by Gasteiger charge is 2.17. The van der Waals surface area contributed by atoms with Crippen molar-refractivity contribution in [3.05, 3.63) is 36.5 Å². The quantitative estimate of drug-likeness (QED) is 0.0540. The number of allylic oxidation sites excluding steroid dienone is 5. The number of hydrogen-bond donors (Lipinski definition) is 3. The van der Waals surface area contributed by atoms with Gasteiger partial charge in [0.1, 0.15) is 0 Å². The smallest absolute Gasteiger partial charge is 0.220 e. The maximum absolute atomic E-state index is 12.2. The normalized spacial score (nSPS) is 13.5. The molecule has 3 N–H and O–H groups in total. The fourth-order valence-corrected chi connectivity index (χ4v) is 5.27. The van der Waals surface area contributed by atoms with Gasteiger partial charge in [-0.05, 0) is 44.9 Å². The van der Waals surface area contributed by atoms with Crippen LogP contribution in [0.4, 0.5) is 0 Å². The Morgan fingerprint density at radius 2 is 0.929 bits per heavy atom. The Balaban J connectivity index is 3.68. The lowest BCUT2D eigenvalue weighted by Crippen LogP contribution is -2.45. The van der Waals surface area contributed by atoms with Gasteiger partial charge in [-0.3, -0.25) is 4.79 Å². The molecule has 246 valence electrons. The number of rotatable bonds is 32. The third kappa shape index (κ3) is 30.1. The highest BCUT2D eigenvalue weighted by molar-refractivity contribution is 5.76. The van der Waals surface area contributed by atoms with Crippen molar-refractivity contribution in [1.29, 1.82) is 0 Å². The van der Waals surface area contributed by atoms with Crippen molar-refractivity contribution in [2.24, 2.45) is 0 Å². The Labute approximate surface area is 261 Å². The zero-order valence-corrected chi connectivity index (χ0v) is 28.0. The van der Waals surface area contributed by atoms with Gasteiger partial charge in [-0.25, -0.2) is 0 Å². The predicted octanol–water partition coefficient (Wildman–Crippen LogP) is 10.7. The molecule has 0 spiro atoms. The van der Waals surface area contributed by atoms with Crippen LogP contribution >= 0.6 is 0 Å². The number of aliphatic hydroxyl groups is 2. The maximum atomic E-state index is 12.2. The van der Waals surface area contributed by atoms with Gasteiger partial charge in [0.15, 0.2) is 0 Å². The third-order valence-corrected chi connectivity index (χ3v) is 8.10. The molecule has 2 atom stereocenters. The minimum atomic E-state index is -0.864. The van der Waals surface area contributed by atoms with Crippen LogP contribution in [0.15, 0.2) is 36.5 Å². The van der Waals surface area contributed by atoms with Crippen LogP contribution in [-0.4, -0.2) is 34.9 Å². The molecule has 0 aromatic rings. The Kier molecular flexibility index (Phi) is 33.0. The van der Waals surface area contributed by atoms with E-state index in [1.165, 1.54) is 122 Å². The van der Waals surface area contributed by atoms with Crippen LogP contribution in [0.3, 0.4) is 0 Å². The number of amides is 1. The van der Waals surface area contributed by atoms with E-state index in [0.29, 0.717) is 6.42 Å². The average molecular weight is 590 g/mol. The summed E-state index contributed by atoms with van der Waals surface area (Å²) < 4.78 is 0. The number of aliphatic hydroxyl groups excluding tert-OH is 2. The zero-order chi connectivity index (χ0) is 30.8. The van der Waals surface area contributed by atoms with Crippen LogP contribution in [-0.2, 0) is 4.79 Å². The SMILES string of the molecule is CCCCCCCCCCCCC/C=C/CC/C=C/CC/C=C/C(O)C(CO)NC(=O)CCCCCCCCCCC. The first-order chi connectivity index (χ1) is 20.7. The molecule has 0 aromatic heterocycles. The lowest BCUT2D eigenvalue weighted by Gasteiger charge is -2.19. The zero-order valence-electron chi connectivity index (χ0n) is 28.0. The summed E-state index contributed by atoms with van der Waals surface area (Å²) in [4.78, 5) is 12.2. The molecule has 0 aromatic carbocycles. The fraction of sp³-hybridized carbons (Fsp3) is 0.816. The van der Waals surface area contributed by atoms with Gasteiger partial charge >= 0.3 is 0 Å². The van der Waals surface area contributed by atoms with Gasteiger partial charge in [-0.2, -0.15) is 0 Å². The second-order valence-corrected chi connectivity index (χ2v) is 12.3. The number of nitrogens with one attached hydrogen (secondary N) is 1. The monoisotopic (exact) mass is 590 g/mol. The van der Waals surface area contributed by atoms with Crippen molar-refractivity contribution >= 4 is 5.91 Å². The van der Waals surface area contributed by atoms with Crippen LogP contribution in [0.5, 0.6) is 0 Å². The predicted molar refractivity (Wildman–Crippen MR) is 184 cm³/mol. The van der Waals surface area contributed by atoms with E-state index in [4.69, 9.17) is 0 Å². The first-order valence-corrected chi connectivity index (χ1v) is 18.2. The van der Waals surface area contributed by atoms with Gasteiger partial charge in [-0.1, -0.05) is 166 Å². The molecule has 4 heteroatoms. The molecule has 0 saturated carbocycles. The van der Waals surface area contributed by atoms with Gasteiger partial charge in [0, 0.05) is 6.42 Å². The molecule has 0 aliphatic heterocycles. The molecule has 1 amide bonds. The van der Waals surface area contributed by atoms with Crippen molar-refractivity contribution < 1.29 is 15.0 Å². The molecule has 0 aliphatic rings. The lowest BCUT2D eigenvalue weighted by atomic mass is 10.1. The summed E-state index contributed by atoms with van der Waals surface area (Å²) in [5.41, 5.74) is 0. The topological polar surface area (TPSA) is 69.6 Å². The first kappa shape index (κ1) is 40.6. The van der Waals surface area contributed by atoms with Crippen molar-refractivity contribution in [3.8, 4) is 0 Å². The van der Waals surface area contributed by atoms with E-state index in [2.05, 4.69) is 43.5 Å². The molecule has 0 bridgehead atoms. The Morgan fingerprint density at radius 1 is 0.548 bits per heavy atom. The van der Waals surface area contributed by atoms with Crippen LogP contribution in [0.1, 0.15) is 181 Å². The summed E-state index contributed by atoms with van der Waals surface area (Å²) in [5, 5.41) is 22.8. The summed E-state index contributed by atoms with van der Waals surface area (Å²) >= 11 is 0. The molecule has 0 fully saturated rings. The van der Waals surface area contributed by atoms with Crippen LogP contribution < -0.4 is 5.32 Å². The highest BCUT2D eigenvalue weighted by Crippen LogP contribution is 2.13. The van der Waals surface area contributed by atoms with E-state index in [0.717, 1.165) is 38.5 Å².